The first-order valence-corrected chi connectivity index (χ1v) is 21.1. The van der Waals surface area contributed by atoms with Crippen molar-refractivity contribution in [1.82, 2.24) is 16.0 Å². The molecule has 12 heteroatoms. The van der Waals surface area contributed by atoms with Crippen molar-refractivity contribution in [3.05, 3.63) is 108 Å². The van der Waals surface area contributed by atoms with Gasteiger partial charge in [0.05, 0.1) is 17.8 Å². The number of hydrogen-bond donors (Lipinski definition) is 3. The van der Waals surface area contributed by atoms with Crippen LogP contribution in [0.5, 0.6) is 0 Å². The molecule has 12 nitrogen and oxygen atoms in total. The second-order valence-electron chi connectivity index (χ2n) is 15.0. The number of benzene rings is 3. The van der Waals surface area contributed by atoms with Crippen molar-refractivity contribution >= 4 is 35.6 Å². The highest BCUT2D eigenvalue weighted by Crippen LogP contribution is 2.35. The van der Waals surface area contributed by atoms with Crippen LogP contribution in [0, 0.1) is 35.5 Å². The van der Waals surface area contributed by atoms with Crippen molar-refractivity contribution in [3.63, 3.8) is 0 Å². The Hall–Kier alpha value is -5.52. The van der Waals surface area contributed by atoms with Crippen molar-refractivity contribution in [2.45, 2.75) is 233 Å². The van der Waals surface area contributed by atoms with Crippen molar-refractivity contribution in [3.8, 4) is 0 Å². The van der Waals surface area contributed by atoms with Crippen LogP contribution in [-0.4, -0.2) is 55.8 Å². The molecule has 0 aliphatic heterocycles. The summed E-state index contributed by atoms with van der Waals surface area (Å²) >= 11 is 0. The number of carbonyl (C=O) groups is 6. The third-order valence-electron chi connectivity index (χ3n) is 11.1. The molecule has 3 amide bonds. The van der Waals surface area contributed by atoms with Crippen LogP contribution in [-0.2, 0) is 28.8 Å². The average molecular weight is 1120 g/mol. The zero-order valence-electron chi connectivity index (χ0n) is 36.8. The van der Waals surface area contributed by atoms with Crippen LogP contribution in [0.1, 0.15) is 249 Å². The van der Waals surface area contributed by atoms with Crippen LogP contribution in [0.2, 0.25) is 0 Å². The van der Waals surface area contributed by atoms with Gasteiger partial charge in [-0.15, -0.1) is 0 Å². The molecule has 0 saturated carbocycles. The maximum atomic E-state index is 12.4. The summed E-state index contributed by atoms with van der Waals surface area (Å²) in [6.07, 6.45) is 2.91. The summed E-state index contributed by atoms with van der Waals surface area (Å²) in [5.74, 6) is -8.97. The zero-order valence-corrected chi connectivity index (χ0v) is 36.8. The molecule has 3 rings (SSSR count). The minimum absolute atomic E-state index is 0. The van der Waals surface area contributed by atoms with Gasteiger partial charge in [0.15, 0.2) is 0 Å². The van der Waals surface area contributed by atoms with Gasteiger partial charge in [-0.05, 0) is 67.1 Å². The van der Waals surface area contributed by atoms with Crippen molar-refractivity contribution in [2.24, 2.45) is 35.5 Å². The first-order chi connectivity index (χ1) is 28.6. The van der Waals surface area contributed by atoms with E-state index in [4.69, 9.17) is 0 Å². The Kier molecular flexibility index (Phi) is 108. The molecule has 0 aliphatic rings. The van der Waals surface area contributed by atoms with E-state index < -0.39 is 53.4 Å². The lowest BCUT2D eigenvalue weighted by Crippen LogP contribution is -2.44. The van der Waals surface area contributed by atoms with Crippen molar-refractivity contribution < 1.29 is 44.1 Å². The molecule has 3 aromatic carbocycles. The molecule has 0 aromatic heterocycles. The highest BCUT2D eigenvalue weighted by molar-refractivity contribution is 5.86. The molecule has 0 aliphatic carbocycles. The van der Waals surface area contributed by atoms with E-state index in [1.807, 2.05) is 126 Å². The molecule has 0 fully saturated rings. The fourth-order valence-corrected chi connectivity index (χ4v) is 7.73. The Balaban J connectivity index is -0.0000000388. The summed E-state index contributed by atoms with van der Waals surface area (Å²) in [7, 11) is 1.52. The van der Waals surface area contributed by atoms with Gasteiger partial charge in [0.1, 0.15) is 0 Å². The van der Waals surface area contributed by atoms with E-state index in [1.165, 1.54) is 14.0 Å². The molecule has 0 radical (unpaired) electrons. The van der Waals surface area contributed by atoms with Crippen molar-refractivity contribution in [2.75, 3.05) is 20.1 Å². The molecule has 9 unspecified atom stereocenters. The zero-order chi connectivity index (χ0) is 45.4. The van der Waals surface area contributed by atoms with Crippen LogP contribution in [0.25, 0.3) is 0 Å². The first kappa shape index (κ1) is 125. The van der Waals surface area contributed by atoms with Crippen LogP contribution < -0.4 is 31.3 Å². The standard InChI is InChI=1S/C17H25NO3.C16H23NO3.C15H21NO3.18CH4/c1-4-11-18-16(19)15(12(3)17(20)21)14(5-2)13-9-7-6-8-10-13;1-4-13(12-9-7-6-8-10-12)14(11(3)16(19)20)15(18)17-5-2;1-4-12(11-8-6-5-7-9-11)13(14(17)16-3)10(2)15(18)19;;;;;;;;;;;;;;;;;;/h6-10,12,14-15H,4-5,11H2,1-3H3,(H,18,19)(H,20,21);6-11,13-14H,4-5H2,1-3H3,(H,17,18)(H,19,20);5-10,12-13H,4H2,1-3H3,(H,16,17)(H,18,19);18*1H4/p-3. The molecule has 474 valence electrons. The molecule has 0 saturated heterocycles. The second kappa shape index (κ2) is 67.6. The van der Waals surface area contributed by atoms with Gasteiger partial charge in [0.2, 0.25) is 17.7 Å². The van der Waals surface area contributed by atoms with Gasteiger partial charge in [-0.3, -0.25) is 14.4 Å². The van der Waals surface area contributed by atoms with Crippen LogP contribution >= 0.6 is 0 Å². The Bertz CT molecular complexity index is 1740. The molecule has 78 heavy (non-hydrogen) atoms. The summed E-state index contributed by atoms with van der Waals surface area (Å²) in [4.78, 5) is 70.3. The SMILES string of the molecule is C.C.C.C.C.C.C.C.C.C.C.C.C.C.C.C.C.C.CCC(c1ccccc1)C(C(=O)NC)C(C)C(=O)[O-].CCCNC(=O)C(C(C)C(=O)[O-])C(CC)c1ccccc1.CCNC(=O)C(C(C)C(=O)[O-])C(CC)c1ccccc1. The quantitative estimate of drug-likeness (QED) is 0.0926. The van der Waals surface area contributed by atoms with E-state index in [2.05, 4.69) is 16.0 Å². The number of aliphatic carboxylic acids is 3. The number of rotatable bonds is 21. The Morgan fingerprint density at radius 1 is 0.372 bits per heavy atom. The molecular weight excluding hydrogens is 979 g/mol. The third-order valence-corrected chi connectivity index (χ3v) is 11.1. The fraction of sp³-hybridized carbons (Fsp3) is 0.636. The Labute approximate surface area is 489 Å². The van der Waals surface area contributed by atoms with Gasteiger partial charge in [0, 0.05) is 55.8 Å². The minimum atomic E-state index is -1.19. The fourth-order valence-electron chi connectivity index (χ4n) is 7.73. The number of hydrogen-bond acceptors (Lipinski definition) is 9. The van der Waals surface area contributed by atoms with Crippen LogP contribution in [0.4, 0.5) is 0 Å². The maximum absolute atomic E-state index is 12.4. The third kappa shape index (κ3) is 38.9. The van der Waals surface area contributed by atoms with Gasteiger partial charge in [-0.1, -0.05) is 273 Å². The summed E-state index contributed by atoms with van der Waals surface area (Å²) in [6.45, 7) is 15.3. The summed E-state index contributed by atoms with van der Waals surface area (Å²) in [5.41, 5.74) is 2.95. The van der Waals surface area contributed by atoms with E-state index in [1.54, 1.807) is 13.8 Å². The maximum Gasteiger partial charge on any atom is 0.224 e. The van der Waals surface area contributed by atoms with E-state index >= 15 is 0 Å². The number of amides is 3. The van der Waals surface area contributed by atoms with E-state index in [0.29, 0.717) is 32.4 Å². The van der Waals surface area contributed by atoms with Gasteiger partial charge in [-0.2, -0.15) is 0 Å². The number of nitrogens with one attached hydrogen (secondary N) is 3. The van der Waals surface area contributed by atoms with Gasteiger partial charge in [0.25, 0.3) is 0 Å². The van der Waals surface area contributed by atoms with Crippen LogP contribution in [0.15, 0.2) is 91.0 Å². The van der Waals surface area contributed by atoms with Gasteiger partial charge >= 0.3 is 0 Å². The van der Waals surface area contributed by atoms with Crippen molar-refractivity contribution in [1.29, 1.82) is 0 Å². The molecule has 3 N–H and O–H groups in total. The largest absolute Gasteiger partial charge is 0.550 e. The predicted octanol–water partition coefficient (Wildman–Crippen LogP) is 15.4. The number of carbonyl (C=O) groups excluding carboxylic acids is 6. The topological polar surface area (TPSA) is 208 Å². The molecule has 0 bridgehead atoms. The summed E-state index contributed by atoms with van der Waals surface area (Å²) < 4.78 is 0. The van der Waals surface area contributed by atoms with Crippen LogP contribution in [0.3, 0.4) is 0 Å². The average Bonchev–Trinajstić information content (AvgIpc) is 3.25. The summed E-state index contributed by atoms with van der Waals surface area (Å²) in [6, 6.07) is 28.7. The highest BCUT2D eigenvalue weighted by Gasteiger charge is 2.35. The first-order valence-electron chi connectivity index (χ1n) is 21.1. The van der Waals surface area contributed by atoms with Gasteiger partial charge < -0.3 is 45.7 Å². The van der Waals surface area contributed by atoms with Gasteiger partial charge in [-0.25, -0.2) is 0 Å². The Morgan fingerprint density at radius 2 is 0.590 bits per heavy atom. The minimum Gasteiger partial charge on any atom is -0.550 e. The van der Waals surface area contributed by atoms with E-state index in [-0.39, 0.29) is 169 Å². The lowest BCUT2D eigenvalue weighted by atomic mass is 9.76. The van der Waals surface area contributed by atoms with E-state index in [9.17, 15) is 44.1 Å². The van der Waals surface area contributed by atoms with E-state index in [0.717, 1.165) is 23.1 Å². The molecule has 9 atom stereocenters. The monoisotopic (exact) mass is 1120 g/mol. The second-order valence-corrected chi connectivity index (χ2v) is 15.0. The molecule has 0 heterocycles. The number of carboxylic acids is 3. The normalized spacial score (nSPS) is 11.7. The smallest absolute Gasteiger partial charge is 0.224 e. The molecular formula is C66H138N3O9-3. The predicted molar refractivity (Wildman–Crippen MR) is 349 cm³/mol. The molecule has 0 spiro atoms. The number of carboxylic acid groups (broad SMARTS) is 3. The Morgan fingerprint density at radius 3 is 0.769 bits per heavy atom. The lowest BCUT2D eigenvalue weighted by Gasteiger charge is -2.31. The lowest BCUT2D eigenvalue weighted by molar-refractivity contribution is -0.313. The molecule has 3 aromatic rings. The summed E-state index contributed by atoms with van der Waals surface area (Å²) in [5, 5.41) is 41.7. The highest BCUT2D eigenvalue weighted by atomic mass is 16.4.